The van der Waals surface area contributed by atoms with Crippen molar-refractivity contribution in [2.24, 2.45) is 23.2 Å². The van der Waals surface area contributed by atoms with Crippen LogP contribution in [0.25, 0.3) is 0 Å². The van der Waals surface area contributed by atoms with Gasteiger partial charge in [0.25, 0.3) is 5.91 Å². The first-order chi connectivity index (χ1) is 17.9. The van der Waals surface area contributed by atoms with Crippen molar-refractivity contribution in [2.75, 3.05) is 19.6 Å². The van der Waals surface area contributed by atoms with E-state index in [-0.39, 0.29) is 33.8 Å². The van der Waals surface area contributed by atoms with Crippen molar-refractivity contribution in [3.05, 3.63) is 63.6 Å². The quantitative estimate of drug-likeness (QED) is 0.640. The van der Waals surface area contributed by atoms with Gasteiger partial charge < -0.3 is 15.0 Å². The topological polar surface area (TPSA) is 76.6 Å². The lowest BCUT2D eigenvalue weighted by Gasteiger charge is -2.63. The lowest BCUT2D eigenvalue weighted by molar-refractivity contribution is -0.0870. The van der Waals surface area contributed by atoms with Crippen molar-refractivity contribution >= 4 is 5.91 Å². The standard InChI is InChI=1S/C31H39N3O3/c1-3-21-6-7-23(35)14-25(21)31-11-13-33(17-20-4-5-20)19(2)30(31)10-8-26-28(31)22(15-30)18-34(26)29(37)24-16-32-12-9-27(24)36/h6-7,9,12,14,16,19-20,22,26,28,35H,3-5,8,10-11,13,15,17-18H2,1-2H3,(H,32,36)/t19?,22-,26?,28?,30?,31?/m1/s1. The van der Waals surface area contributed by atoms with E-state index in [1.54, 1.807) is 12.4 Å². The summed E-state index contributed by atoms with van der Waals surface area (Å²) in [7, 11) is 0. The molecule has 5 aliphatic rings. The molecule has 0 radical (unpaired) electrons. The van der Waals surface area contributed by atoms with Crippen molar-refractivity contribution in [1.82, 2.24) is 14.8 Å². The Hall–Kier alpha value is -2.60. The Morgan fingerprint density at radius 3 is 2.78 bits per heavy atom. The molecule has 5 fully saturated rings. The molecule has 3 saturated carbocycles. The van der Waals surface area contributed by atoms with Crippen LogP contribution in [0.4, 0.5) is 0 Å². The molecule has 196 valence electrons. The summed E-state index contributed by atoms with van der Waals surface area (Å²) in [6, 6.07) is 8.14. The Morgan fingerprint density at radius 1 is 1.19 bits per heavy atom. The number of phenolic OH excluding ortho intramolecular Hbond substituents is 1. The van der Waals surface area contributed by atoms with Crippen molar-refractivity contribution in [1.29, 1.82) is 0 Å². The number of nitrogens with one attached hydrogen (secondary N) is 1. The predicted molar refractivity (Wildman–Crippen MR) is 143 cm³/mol. The third-order valence-corrected chi connectivity index (χ3v) is 11.3. The van der Waals surface area contributed by atoms with Gasteiger partial charge in [-0.3, -0.25) is 14.5 Å². The molecule has 0 spiro atoms. The lowest BCUT2D eigenvalue weighted by Crippen LogP contribution is -2.66. The fraction of sp³-hybridized carbons (Fsp3) is 0.613. The van der Waals surface area contributed by atoms with Crippen LogP contribution >= 0.6 is 0 Å². The second kappa shape index (κ2) is 8.20. The first-order valence-electron chi connectivity index (χ1n) is 14.4. The number of piperidine rings is 1. The van der Waals surface area contributed by atoms with Gasteiger partial charge in [0.15, 0.2) is 5.43 Å². The molecule has 2 aliphatic heterocycles. The highest BCUT2D eigenvalue weighted by atomic mass is 16.3. The van der Waals surface area contributed by atoms with Crippen LogP contribution in [0.5, 0.6) is 5.75 Å². The summed E-state index contributed by atoms with van der Waals surface area (Å²) in [6.07, 6.45) is 11.2. The molecule has 7 rings (SSSR count). The SMILES string of the molecule is CCc1ccc(O)cc1C12CCN(CC3CC3)C(C)C13CCC1C2[C@@H](CN1C(=O)c1c[nH]ccc1=O)C3. The Kier molecular flexibility index (Phi) is 5.21. The van der Waals surface area contributed by atoms with E-state index in [0.29, 0.717) is 23.6 Å². The molecule has 1 amide bonds. The average molecular weight is 502 g/mol. The number of amides is 1. The van der Waals surface area contributed by atoms with E-state index in [0.717, 1.165) is 51.1 Å². The van der Waals surface area contributed by atoms with Gasteiger partial charge in [-0.2, -0.15) is 0 Å². The Bertz CT molecular complexity index is 1300. The number of pyridine rings is 1. The first kappa shape index (κ1) is 23.5. The number of aromatic amines is 1. The van der Waals surface area contributed by atoms with Gasteiger partial charge in [-0.25, -0.2) is 0 Å². The van der Waals surface area contributed by atoms with Gasteiger partial charge in [0.2, 0.25) is 0 Å². The van der Waals surface area contributed by atoms with E-state index in [1.165, 1.54) is 36.6 Å². The van der Waals surface area contributed by atoms with Crippen LogP contribution in [0, 0.1) is 23.2 Å². The fourth-order valence-corrected chi connectivity index (χ4v) is 9.73. The Morgan fingerprint density at radius 2 is 2.03 bits per heavy atom. The summed E-state index contributed by atoms with van der Waals surface area (Å²) in [4.78, 5) is 34.1. The molecule has 37 heavy (non-hydrogen) atoms. The summed E-state index contributed by atoms with van der Waals surface area (Å²) in [6.45, 7) is 7.75. The third-order valence-electron chi connectivity index (χ3n) is 11.3. The second-order valence-electron chi connectivity index (χ2n) is 12.7. The van der Waals surface area contributed by atoms with E-state index >= 15 is 0 Å². The van der Waals surface area contributed by atoms with Gasteiger partial charge in [-0.1, -0.05) is 13.0 Å². The van der Waals surface area contributed by atoms with Crippen LogP contribution in [0.2, 0.25) is 0 Å². The Balaban J connectivity index is 1.35. The maximum absolute atomic E-state index is 13.8. The largest absolute Gasteiger partial charge is 0.508 e. The number of hydrogen-bond acceptors (Lipinski definition) is 4. The molecule has 6 atom stereocenters. The van der Waals surface area contributed by atoms with Gasteiger partial charge in [-0.15, -0.1) is 0 Å². The molecular weight excluding hydrogens is 462 g/mol. The Labute approximate surface area is 219 Å². The molecular formula is C31H39N3O3. The van der Waals surface area contributed by atoms with E-state index in [4.69, 9.17) is 0 Å². The molecule has 6 nitrogen and oxygen atoms in total. The van der Waals surface area contributed by atoms with Gasteiger partial charge in [-0.05, 0) is 105 Å². The minimum absolute atomic E-state index is 0.0533. The number of rotatable bonds is 5. The number of carbonyl (C=O) groups is 1. The highest BCUT2D eigenvalue weighted by molar-refractivity contribution is 5.94. The number of aromatic nitrogens is 1. The third kappa shape index (κ3) is 3.14. The number of benzene rings is 1. The van der Waals surface area contributed by atoms with Crippen LogP contribution < -0.4 is 5.43 Å². The molecule has 2 aromatic rings. The summed E-state index contributed by atoms with van der Waals surface area (Å²) >= 11 is 0. The van der Waals surface area contributed by atoms with E-state index in [9.17, 15) is 14.7 Å². The number of aromatic hydroxyl groups is 1. The number of carbonyl (C=O) groups excluding carboxylic acids is 1. The molecule has 2 bridgehead atoms. The minimum atomic E-state index is -0.205. The second-order valence-corrected chi connectivity index (χ2v) is 12.7. The van der Waals surface area contributed by atoms with Gasteiger partial charge >= 0.3 is 0 Å². The zero-order chi connectivity index (χ0) is 25.5. The predicted octanol–water partition coefficient (Wildman–Crippen LogP) is 4.33. The number of phenols is 1. The number of aryl methyl sites for hydroxylation is 1. The molecule has 3 heterocycles. The van der Waals surface area contributed by atoms with Crippen molar-refractivity contribution in [2.45, 2.75) is 76.3 Å². The lowest BCUT2D eigenvalue weighted by atomic mass is 9.46. The van der Waals surface area contributed by atoms with Crippen LogP contribution in [0.1, 0.15) is 73.9 Å². The maximum atomic E-state index is 13.8. The normalized spacial score (nSPS) is 36.5. The van der Waals surface area contributed by atoms with Gasteiger partial charge in [0.1, 0.15) is 11.3 Å². The van der Waals surface area contributed by atoms with Crippen molar-refractivity contribution in [3.63, 3.8) is 0 Å². The number of nitrogens with zero attached hydrogens (tertiary/aromatic N) is 2. The molecule has 3 aliphatic carbocycles. The van der Waals surface area contributed by atoms with Crippen LogP contribution in [-0.4, -0.2) is 57.5 Å². The average Bonchev–Trinajstić information content (AvgIpc) is 3.60. The number of hydrogen-bond donors (Lipinski definition) is 2. The first-order valence-corrected chi connectivity index (χ1v) is 14.4. The summed E-state index contributed by atoms with van der Waals surface area (Å²) < 4.78 is 0. The van der Waals surface area contributed by atoms with E-state index < -0.39 is 0 Å². The zero-order valence-corrected chi connectivity index (χ0v) is 22.1. The summed E-state index contributed by atoms with van der Waals surface area (Å²) in [5.41, 5.74) is 2.84. The number of likely N-dealkylation sites (tertiary alicyclic amines) is 2. The molecule has 2 saturated heterocycles. The highest BCUT2D eigenvalue weighted by Crippen LogP contribution is 2.73. The molecule has 1 aromatic heterocycles. The molecule has 1 aromatic carbocycles. The molecule has 2 N–H and O–H groups in total. The van der Waals surface area contributed by atoms with Crippen molar-refractivity contribution < 1.29 is 9.90 Å². The molecule has 5 unspecified atom stereocenters. The van der Waals surface area contributed by atoms with Crippen LogP contribution in [-0.2, 0) is 11.8 Å². The van der Waals surface area contributed by atoms with Crippen LogP contribution in [0.3, 0.4) is 0 Å². The number of H-pyrrole nitrogens is 1. The fourth-order valence-electron chi connectivity index (χ4n) is 9.73. The van der Waals surface area contributed by atoms with Crippen molar-refractivity contribution in [3.8, 4) is 5.75 Å². The zero-order valence-electron chi connectivity index (χ0n) is 22.1. The molecule has 6 heteroatoms. The monoisotopic (exact) mass is 501 g/mol. The van der Waals surface area contributed by atoms with E-state index in [2.05, 4.69) is 40.8 Å². The van der Waals surface area contributed by atoms with Crippen LogP contribution in [0.15, 0.2) is 41.5 Å². The van der Waals surface area contributed by atoms with Gasteiger partial charge in [0, 0.05) is 49.0 Å². The van der Waals surface area contributed by atoms with E-state index in [1.807, 2.05) is 6.07 Å². The minimum Gasteiger partial charge on any atom is -0.508 e. The van der Waals surface area contributed by atoms with Gasteiger partial charge in [0.05, 0.1) is 0 Å². The highest BCUT2D eigenvalue weighted by Gasteiger charge is 2.74. The summed E-state index contributed by atoms with van der Waals surface area (Å²) in [5, 5.41) is 10.7. The maximum Gasteiger partial charge on any atom is 0.259 e. The summed E-state index contributed by atoms with van der Waals surface area (Å²) in [5.74, 6) is 1.90. The smallest absolute Gasteiger partial charge is 0.259 e.